The summed E-state index contributed by atoms with van der Waals surface area (Å²) >= 11 is 18.4. The molecule has 1 atom stereocenters. The van der Waals surface area contributed by atoms with Gasteiger partial charge < -0.3 is 14.6 Å². The van der Waals surface area contributed by atoms with E-state index < -0.39 is 5.97 Å². The maximum absolute atomic E-state index is 12.9. The second kappa shape index (κ2) is 11.4. The van der Waals surface area contributed by atoms with E-state index in [0.29, 0.717) is 46.1 Å². The third kappa shape index (κ3) is 6.32. The van der Waals surface area contributed by atoms with Crippen molar-refractivity contribution in [3.05, 3.63) is 62.9 Å². The van der Waals surface area contributed by atoms with Crippen LogP contribution in [0.1, 0.15) is 36.0 Å². The van der Waals surface area contributed by atoms with E-state index in [-0.39, 0.29) is 29.0 Å². The maximum Gasteiger partial charge on any atom is 0.339 e. The van der Waals surface area contributed by atoms with Crippen molar-refractivity contribution in [2.75, 3.05) is 25.0 Å². The third-order valence-corrected chi connectivity index (χ3v) is 6.47. The minimum atomic E-state index is -0.499. The number of carbonyl (C=O) groups is 2. The van der Waals surface area contributed by atoms with Crippen molar-refractivity contribution in [1.29, 1.82) is 0 Å². The molecule has 8 nitrogen and oxygen atoms in total. The third-order valence-electron chi connectivity index (χ3n) is 5.61. The summed E-state index contributed by atoms with van der Waals surface area (Å²) < 4.78 is 10.4. The largest absolute Gasteiger partial charge is 0.462 e. The molecule has 0 bridgehead atoms. The van der Waals surface area contributed by atoms with E-state index in [1.807, 2.05) is 0 Å². The standard InChI is InChI=1S/C24H23Cl3N4O4/c1-2-34-24(33)18-8-6-16(11-20(18)27)28-23(32)14-4-3-9-31(12-14)13-21-29-22(30-35-21)17-7-5-15(25)10-19(17)26/h5-8,10-11,14H,2-4,9,12-13H2,1H3,(H,28,32). The van der Waals surface area contributed by atoms with E-state index in [1.54, 1.807) is 43.3 Å². The smallest absolute Gasteiger partial charge is 0.339 e. The highest BCUT2D eigenvalue weighted by Gasteiger charge is 2.27. The molecule has 1 aliphatic rings. The molecule has 35 heavy (non-hydrogen) atoms. The molecular formula is C24H23Cl3N4O4. The molecule has 1 saturated heterocycles. The first-order valence-electron chi connectivity index (χ1n) is 11.1. The minimum absolute atomic E-state index is 0.117. The lowest BCUT2D eigenvalue weighted by molar-refractivity contribution is -0.121. The van der Waals surface area contributed by atoms with Crippen LogP contribution in [0, 0.1) is 5.92 Å². The van der Waals surface area contributed by atoms with Gasteiger partial charge in [-0.15, -0.1) is 0 Å². The molecule has 1 N–H and O–H groups in total. The van der Waals surface area contributed by atoms with Crippen molar-refractivity contribution in [2.45, 2.75) is 26.3 Å². The molecule has 0 radical (unpaired) electrons. The number of anilines is 1. The van der Waals surface area contributed by atoms with Crippen molar-refractivity contribution in [1.82, 2.24) is 15.0 Å². The van der Waals surface area contributed by atoms with Crippen LogP contribution >= 0.6 is 34.8 Å². The molecule has 0 spiro atoms. The Hall–Kier alpha value is -2.65. The number of likely N-dealkylation sites (tertiary alicyclic amines) is 1. The van der Waals surface area contributed by atoms with Crippen LogP contribution in [0.2, 0.25) is 15.1 Å². The van der Waals surface area contributed by atoms with Gasteiger partial charge >= 0.3 is 5.97 Å². The molecule has 3 aromatic rings. The molecule has 1 fully saturated rings. The van der Waals surface area contributed by atoms with Crippen molar-refractivity contribution in [2.24, 2.45) is 5.92 Å². The van der Waals surface area contributed by atoms with E-state index >= 15 is 0 Å². The molecule has 0 saturated carbocycles. The number of rotatable bonds is 7. The molecule has 1 amide bonds. The summed E-state index contributed by atoms with van der Waals surface area (Å²) in [5.41, 5.74) is 1.41. The van der Waals surface area contributed by atoms with Gasteiger partial charge in [0, 0.05) is 22.8 Å². The fraction of sp³-hybridized carbons (Fsp3) is 0.333. The van der Waals surface area contributed by atoms with Crippen LogP contribution in [-0.2, 0) is 16.1 Å². The second-order valence-corrected chi connectivity index (χ2v) is 9.37. The minimum Gasteiger partial charge on any atom is -0.462 e. The first-order valence-corrected chi connectivity index (χ1v) is 12.2. The Morgan fingerprint density at radius 1 is 1.17 bits per heavy atom. The zero-order valence-corrected chi connectivity index (χ0v) is 21.2. The van der Waals surface area contributed by atoms with Gasteiger partial charge in [0.15, 0.2) is 0 Å². The Morgan fingerprint density at radius 2 is 2.00 bits per heavy atom. The molecule has 2 aromatic carbocycles. The molecule has 184 valence electrons. The number of hydrogen-bond donors (Lipinski definition) is 1. The van der Waals surface area contributed by atoms with Crippen LogP contribution < -0.4 is 5.32 Å². The number of ether oxygens (including phenoxy) is 1. The average Bonchev–Trinajstić information content (AvgIpc) is 3.27. The number of benzene rings is 2. The number of carbonyl (C=O) groups excluding carboxylic acids is 2. The molecule has 1 aliphatic heterocycles. The van der Waals surface area contributed by atoms with Gasteiger partial charge in [-0.25, -0.2) is 4.79 Å². The van der Waals surface area contributed by atoms with Gasteiger partial charge in [-0.2, -0.15) is 4.98 Å². The van der Waals surface area contributed by atoms with Gasteiger partial charge in [-0.1, -0.05) is 40.0 Å². The number of amides is 1. The van der Waals surface area contributed by atoms with Crippen molar-refractivity contribution in [3.63, 3.8) is 0 Å². The summed E-state index contributed by atoms with van der Waals surface area (Å²) in [7, 11) is 0. The van der Waals surface area contributed by atoms with Crippen molar-refractivity contribution in [3.8, 4) is 11.4 Å². The highest BCUT2D eigenvalue weighted by atomic mass is 35.5. The molecular weight excluding hydrogens is 515 g/mol. The second-order valence-electron chi connectivity index (χ2n) is 8.11. The fourth-order valence-corrected chi connectivity index (χ4v) is 4.67. The monoisotopic (exact) mass is 536 g/mol. The van der Waals surface area contributed by atoms with Crippen LogP contribution in [0.4, 0.5) is 5.69 Å². The topological polar surface area (TPSA) is 97.6 Å². The van der Waals surface area contributed by atoms with Gasteiger partial charge in [0.2, 0.25) is 17.6 Å². The summed E-state index contributed by atoms with van der Waals surface area (Å²) in [6.45, 7) is 3.75. The number of nitrogens with zero attached hydrogens (tertiary/aromatic N) is 3. The first-order chi connectivity index (χ1) is 16.8. The molecule has 1 aromatic heterocycles. The zero-order chi connectivity index (χ0) is 24.9. The predicted octanol–water partition coefficient (Wildman–Crippen LogP) is 5.72. The van der Waals surface area contributed by atoms with Crippen LogP contribution in [0.5, 0.6) is 0 Å². The number of nitrogens with one attached hydrogen (secondary N) is 1. The number of piperidine rings is 1. The Labute approximate surface area is 217 Å². The van der Waals surface area contributed by atoms with Gasteiger partial charge in [-0.3, -0.25) is 9.69 Å². The van der Waals surface area contributed by atoms with E-state index in [9.17, 15) is 9.59 Å². The lowest BCUT2D eigenvalue weighted by atomic mass is 9.97. The normalized spacial score (nSPS) is 16.2. The summed E-state index contributed by atoms with van der Waals surface area (Å²) in [6, 6.07) is 9.81. The van der Waals surface area contributed by atoms with Crippen molar-refractivity contribution >= 4 is 52.4 Å². The highest BCUT2D eigenvalue weighted by Crippen LogP contribution is 2.29. The van der Waals surface area contributed by atoms with Crippen LogP contribution in [0.3, 0.4) is 0 Å². The molecule has 2 heterocycles. The average molecular weight is 538 g/mol. The molecule has 4 rings (SSSR count). The van der Waals surface area contributed by atoms with Gasteiger partial charge in [-0.05, 0) is 62.7 Å². The van der Waals surface area contributed by atoms with Crippen molar-refractivity contribution < 1.29 is 18.8 Å². The summed E-state index contributed by atoms with van der Waals surface area (Å²) in [4.78, 5) is 31.4. The Balaban J connectivity index is 1.36. The number of aromatic nitrogens is 2. The number of esters is 1. The van der Waals surface area contributed by atoms with Crippen LogP contribution in [0.25, 0.3) is 11.4 Å². The summed E-state index contributed by atoms with van der Waals surface area (Å²) in [5.74, 6) is -0.0143. The van der Waals surface area contributed by atoms with Gasteiger partial charge in [0.25, 0.3) is 0 Å². The quantitative estimate of drug-likeness (QED) is 0.385. The molecule has 1 unspecified atom stereocenters. The lowest BCUT2D eigenvalue weighted by Gasteiger charge is -2.30. The SMILES string of the molecule is CCOC(=O)c1ccc(NC(=O)C2CCCN(Cc3nc(-c4ccc(Cl)cc4Cl)no3)C2)cc1Cl. The summed E-state index contributed by atoms with van der Waals surface area (Å²) in [5, 5.41) is 8.11. The summed E-state index contributed by atoms with van der Waals surface area (Å²) in [6.07, 6.45) is 1.61. The highest BCUT2D eigenvalue weighted by molar-refractivity contribution is 6.36. The van der Waals surface area contributed by atoms with Crippen LogP contribution in [-0.4, -0.2) is 46.6 Å². The Kier molecular flexibility index (Phi) is 8.28. The van der Waals surface area contributed by atoms with Crippen LogP contribution in [0.15, 0.2) is 40.9 Å². The van der Waals surface area contributed by atoms with E-state index in [0.717, 1.165) is 19.4 Å². The molecule has 11 heteroatoms. The van der Waals surface area contributed by atoms with E-state index in [1.165, 1.54) is 0 Å². The number of halogens is 3. The van der Waals surface area contributed by atoms with Gasteiger partial charge in [0.1, 0.15) is 0 Å². The fourth-order valence-electron chi connectivity index (χ4n) is 3.92. The Morgan fingerprint density at radius 3 is 2.74 bits per heavy atom. The van der Waals surface area contributed by atoms with Gasteiger partial charge in [0.05, 0.1) is 34.7 Å². The van der Waals surface area contributed by atoms with E-state index in [4.69, 9.17) is 44.1 Å². The molecule has 0 aliphatic carbocycles. The number of hydrogen-bond acceptors (Lipinski definition) is 7. The maximum atomic E-state index is 12.9. The first kappa shape index (κ1) is 25.4. The Bertz CT molecular complexity index is 1230. The lowest BCUT2D eigenvalue weighted by Crippen LogP contribution is -2.40. The zero-order valence-electron chi connectivity index (χ0n) is 18.9. The predicted molar refractivity (Wildman–Crippen MR) is 134 cm³/mol. The van der Waals surface area contributed by atoms with E-state index in [2.05, 4.69) is 20.4 Å².